The third-order valence-corrected chi connectivity index (χ3v) is 4.15. The third-order valence-electron chi connectivity index (χ3n) is 3.92. The predicted molar refractivity (Wildman–Crippen MR) is 90.7 cm³/mol. The van der Waals surface area contributed by atoms with Crippen molar-refractivity contribution in [3.8, 4) is 0 Å². The first kappa shape index (κ1) is 15.6. The molecule has 0 saturated carbocycles. The molecule has 0 fully saturated rings. The van der Waals surface area contributed by atoms with Crippen molar-refractivity contribution in [2.24, 2.45) is 0 Å². The Balaban J connectivity index is 2.02. The summed E-state index contributed by atoms with van der Waals surface area (Å²) in [6.45, 7) is 4.16. The summed E-state index contributed by atoms with van der Waals surface area (Å²) in [6.07, 6.45) is 0. The fourth-order valence-corrected chi connectivity index (χ4v) is 2.67. The normalized spacial score (nSPS) is 11.0. The van der Waals surface area contributed by atoms with E-state index < -0.39 is 11.4 Å². The van der Waals surface area contributed by atoms with Gasteiger partial charge in [-0.2, -0.15) is 0 Å². The number of rotatable bonds is 3. The van der Waals surface area contributed by atoms with Gasteiger partial charge >= 0.3 is 5.63 Å². The van der Waals surface area contributed by atoms with Crippen molar-refractivity contribution in [2.45, 2.75) is 20.4 Å². The van der Waals surface area contributed by atoms with Crippen molar-refractivity contribution in [1.29, 1.82) is 0 Å². The Bertz CT molecular complexity index is 950. The zero-order valence-corrected chi connectivity index (χ0v) is 13.5. The highest BCUT2D eigenvalue weighted by Crippen LogP contribution is 2.25. The lowest BCUT2D eigenvalue weighted by atomic mass is 10.0. The van der Waals surface area contributed by atoms with Crippen LogP contribution in [0.5, 0.6) is 0 Å². The summed E-state index contributed by atoms with van der Waals surface area (Å²) in [5.74, 6) is -0.395. The molecular weight excluding hydrogens is 317 g/mol. The van der Waals surface area contributed by atoms with Gasteiger partial charge in [-0.25, -0.2) is 9.18 Å². The van der Waals surface area contributed by atoms with Crippen LogP contribution in [-0.4, -0.2) is 0 Å². The van der Waals surface area contributed by atoms with Gasteiger partial charge in [-0.3, -0.25) is 0 Å². The lowest BCUT2D eigenvalue weighted by Crippen LogP contribution is -2.07. The number of nitrogens with one attached hydrogen (secondary N) is 1. The molecule has 0 atom stereocenters. The molecule has 0 aliphatic carbocycles. The van der Waals surface area contributed by atoms with Gasteiger partial charge in [0.25, 0.3) is 0 Å². The van der Waals surface area contributed by atoms with E-state index in [-0.39, 0.29) is 0 Å². The van der Waals surface area contributed by atoms with E-state index in [2.05, 4.69) is 5.32 Å². The van der Waals surface area contributed by atoms with Gasteiger partial charge in [0.05, 0.1) is 5.69 Å². The van der Waals surface area contributed by atoms with E-state index in [4.69, 9.17) is 16.0 Å². The Morgan fingerprint density at radius 1 is 1.17 bits per heavy atom. The maximum Gasteiger partial charge on any atom is 0.336 e. The second-order valence-corrected chi connectivity index (χ2v) is 5.89. The molecule has 0 bridgehead atoms. The zero-order valence-electron chi connectivity index (χ0n) is 12.7. The van der Waals surface area contributed by atoms with Crippen LogP contribution in [0.4, 0.5) is 10.1 Å². The summed E-state index contributed by atoms with van der Waals surface area (Å²) in [4.78, 5) is 11.8. The number of hydrogen-bond acceptors (Lipinski definition) is 3. The standard InChI is InChI=1S/C18H15ClFNO2/c1-10-3-5-14-12(7-17(22)23-18(14)11(10)2)9-21-16-8-13(19)4-6-15(16)20/h3-8,21H,9H2,1-2H3. The van der Waals surface area contributed by atoms with Crippen molar-refractivity contribution in [2.75, 3.05) is 5.32 Å². The van der Waals surface area contributed by atoms with Crippen LogP contribution < -0.4 is 10.9 Å². The number of anilines is 1. The lowest BCUT2D eigenvalue weighted by Gasteiger charge is -2.11. The number of halogens is 2. The summed E-state index contributed by atoms with van der Waals surface area (Å²) in [6, 6.07) is 9.61. The van der Waals surface area contributed by atoms with Gasteiger partial charge in [0.2, 0.25) is 0 Å². The Morgan fingerprint density at radius 2 is 1.96 bits per heavy atom. The molecule has 5 heteroatoms. The van der Waals surface area contributed by atoms with Crippen LogP contribution in [-0.2, 0) is 6.54 Å². The molecule has 3 nitrogen and oxygen atoms in total. The average Bonchev–Trinajstić information content (AvgIpc) is 2.52. The highest BCUT2D eigenvalue weighted by molar-refractivity contribution is 6.30. The Kier molecular flexibility index (Phi) is 4.09. The van der Waals surface area contributed by atoms with E-state index in [1.54, 1.807) is 0 Å². The number of benzene rings is 2. The largest absolute Gasteiger partial charge is 0.422 e. The van der Waals surface area contributed by atoms with E-state index in [1.807, 2.05) is 26.0 Å². The smallest absolute Gasteiger partial charge is 0.336 e. The van der Waals surface area contributed by atoms with Gasteiger partial charge in [0.1, 0.15) is 11.4 Å². The first-order chi connectivity index (χ1) is 11.0. The van der Waals surface area contributed by atoms with Crippen LogP contribution in [0.25, 0.3) is 11.0 Å². The number of aryl methyl sites for hydroxylation is 2. The van der Waals surface area contributed by atoms with Gasteiger partial charge in [0.15, 0.2) is 0 Å². The minimum absolute atomic E-state index is 0.294. The molecule has 1 aromatic heterocycles. The molecule has 23 heavy (non-hydrogen) atoms. The fourth-order valence-electron chi connectivity index (χ4n) is 2.49. The van der Waals surface area contributed by atoms with Crippen molar-refractivity contribution >= 4 is 28.3 Å². The molecule has 0 aliphatic rings. The molecule has 0 aliphatic heterocycles. The molecule has 0 saturated heterocycles. The topological polar surface area (TPSA) is 42.2 Å². The van der Waals surface area contributed by atoms with Gasteiger partial charge in [0, 0.05) is 23.0 Å². The third kappa shape index (κ3) is 3.08. The van der Waals surface area contributed by atoms with Crippen LogP contribution >= 0.6 is 11.6 Å². The van der Waals surface area contributed by atoms with Crippen LogP contribution in [0.15, 0.2) is 45.6 Å². The summed E-state index contributed by atoms with van der Waals surface area (Å²) in [7, 11) is 0. The van der Waals surface area contributed by atoms with Gasteiger partial charge in [-0.1, -0.05) is 23.7 Å². The second kappa shape index (κ2) is 6.05. The Labute approximate surface area is 137 Å². The molecule has 1 N–H and O–H groups in total. The molecule has 3 aromatic rings. The first-order valence-corrected chi connectivity index (χ1v) is 7.55. The van der Waals surface area contributed by atoms with Gasteiger partial charge in [-0.05, 0) is 48.7 Å². The van der Waals surface area contributed by atoms with E-state index in [0.717, 1.165) is 22.1 Å². The molecule has 0 spiro atoms. The summed E-state index contributed by atoms with van der Waals surface area (Å²) >= 11 is 5.89. The van der Waals surface area contributed by atoms with Gasteiger partial charge in [-0.15, -0.1) is 0 Å². The minimum atomic E-state index is -0.422. The van der Waals surface area contributed by atoms with Crippen molar-refractivity contribution in [1.82, 2.24) is 0 Å². The number of fused-ring (bicyclic) bond motifs is 1. The van der Waals surface area contributed by atoms with Crippen molar-refractivity contribution in [3.05, 3.63) is 74.3 Å². The molecule has 118 valence electrons. The van der Waals surface area contributed by atoms with E-state index in [9.17, 15) is 9.18 Å². The maximum atomic E-state index is 13.8. The highest BCUT2D eigenvalue weighted by Gasteiger charge is 2.10. The van der Waals surface area contributed by atoms with Crippen LogP contribution in [0.1, 0.15) is 16.7 Å². The van der Waals surface area contributed by atoms with Crippen LogP contribution in [0.2, 0.25) is 5.02 Å². The monoisotopic (exact) mass is 331 g/mol. The molecule has 0 unspecified atom stereocenters. The van der Waals surface area contributed by atoms with Crippen molar-refractivity contribution in [3.63, 3.8) is 0 Å². The molecule has 1 heterocycles. The predicted octanol–water partition coefficient (Wildman–Crippen LogP) is 4.81. The molecule has 0 radical (unpaired) electrons. The van der Waals surface area contributed by atoms with E-state index in [0.29, 0.717) is 22.8 Å². The Hall–Kier alpha value is -2.33. The first-order valence-electron chi connectivity index (χ1n) is 7.17. The fraction of sp³-hybridized carbons (Fsp3) is 0.167. The van der Waals surface area contributed by atoms with E-state index in [1.165, 1.54) is 24.3 Å². The Morgan fingerprint density at radius 3 is 2.74 bits per heavy atom. The van der Waals surface area contributed by atoms with Gasteiger partial charge < -0.3 is 9.73 Å². The van der Waals surface area contributed by atoms with Crippen LogP contribution in [0, 0.1) is 19.7 Å². The zero-order chi connectivity index (χ0) is 16.6. The maximum absolute atomic E-state index is 13.8. The quantitative estimate of drug-likeness (QED) is 0.700. The second-order valence-electron chi connectivity index (χ2n) is 5.45. The van der Waals surface area contributed by atoms with Crippen LogP contribution in [0.3, 0.4) is 0 Å². The SMILES string of the molecule is Cc1ccc2c(CNc3cc(Cl)ccc3F)cc(=O)oc2c1C. The number of hydrogen-bond donors (Lipinski definition) is 1. The van der Waals surface area contributed by atoms with E-state index >= 15 is 0 Å². The lowest BCUT2D eigenvalue weighted by molar-refractivity contribution is 0.556. The summed E-state index contributed by atoms with van der Waals surface area (Å²) < 4.78 is 19.1. The summed E-state index contributed by atoms with van der Waals surface area (Å²) in [5, 5.41) is 4.26. The molecule has 0 amide bonds. The summed E-state index contributed by atoms with van der Waals surface area (Å²) in [5.41, 5.74) is 3.17. The van der Waals surface area contributed by atoms with Crippen molar-refractivity contribution < 1.29 is 8.81 Å². The molecule has 2 aromatic carbocycles. The highest BCUT2D eigenvalue weighted by atomic mass is 35.5. The molecule has 3 rings (SSSR count). The average molecular weight is 332 g/mol. The molecular formula is C18H15ClFNO2. The minimum Gasteiger partial charge on any atom is -0.422 e.